The highest BCUT2D eigenvalue weighted by atomic mass is 19.4. The number of halogens is 3. The van der Waals surface area contributed by atoms with Crippen LogP contribution in [0.4, 0.5) is 13.2 Å². The van der Waals surface area contributed by atoms with Gasteiger partial charge in [-0.15, -0.1) is 0 Å². The Kier molecular flexibility index (Phi) is 4.61. The summed E-state index contributed by atoms with van der Waals surface area (Å²) < 4.78 is 40.5. The Labute approximate surface area is 92.2 Å². The summed E-state index contributed by atoms with van der Waals surface area (Å²) in [4.78, 5) is 0. The molecule has 0 aliphatic carbocycles. The average Bonchev–Trinajstić information content (AvgIpc) is 2.19. The van der Waals surface area contributed by atoms with Crippen LogP contribution >= 0.6 is 0 Å². The predicted molar refractivity (Wildman–Crippen MR) is 55.4 cm³/mol. The van der Waals surface area contributed by atoms with Crippen LogP contribution in [0.15, 0.2) is 24.3 Å². The van der Waals surface area contributed by atoms with Gasteiger partial charge in [-0.25, -0.2) is 0 Å². The summed E-state index contributed by atoms with van der Waals surface area (Å²) in [5.41, 5.74) is 6.42. The number of alkyl halides is 3. The van der Waals surface area contributed by atoms with E-state index in [-0.39, 0.29) is 6.61 Å². The largest absolute Gasteiger partial charge is 0.493 e. The molecule has 16 heavy (non-hydrogen) atoms. The molecular formula is C11H14F3NO. The predicted octanol–water partition coefficient (Wildman–Crippen LogP) is 2.52. The normalized spacial score (nSPS) is 11.5. The fraction of sp³-hybridized carbons (Fsp3) is 0.455. The van der Waals surface area contributed by atoms with Crippen LogP contribution in [0.3, 0.4) is 0 Å². The Morgan fingerprint density at radius 1 is 1.12 bits per heavy atom. The summed E-state index contributed by atoms with van der Waals surface area (Å²) in [6.45, 7) is 0.202. The number of ether oxygens (including phenoxy) is 1. The van der Waals surface area contributed by atoms with Crippen molar-refractivity contribution in [1.29, 1.82) is 0 Å². The van der Waals surface area contributed by atoms with Crippen LogP contribution in [0.2, 0.25) is 0 Å². The first-order chi connectivity index (χ1) is 7.51. The molecule has 0 radical (unpaired) electrons. The van der Waals surface area contributed by atoms with E-state index in [4.69, 9.17) is 10.5 Å². The number of benzene rings is 1. The smallest absolute Gasteiger partial charge is 0.392 e. The first-order valence-electron chi connectivity index (χ1n) is 5.00. The molecule has 0 spiro atoms. The van der Waals surface area contributed by atoms with Gasteiger partial charge >= 0.3 is 6.18 Å². The van der Waals surface area contributed by atoms with Crippen LogP contribution in [0.1, 0.15) is 12.0 Å². The van der Waals surface area contributed by atoms with Gasteiger partial charge in [0.2, 0.25) is 0 Å². The van der Waals surface area contributed by atoms with Gasteiger partial charge in [-0.2, -0.15) is 13.2 Å². The van der Waals surface area contributed by atoms with Crippen molar-refractivity contribution in [3.05, 3.63) is 29.8 Å². The SMILES string of the molecule is NCCc1ccc(OCCC(F)(F)F)cc1. The molecule has 0 unspecified atom stereocenters. The molecule has 2 N–H and O–H groups in total. The van der Waals surface area contributed by atoms with Gasteiger partial charge < -0.3 is 10.5 Å². The summed E-state index contributed by atoms with van der Waals surface area (Å²) in [6, 6.07) is 6.91. The van der Waals surface area contributed by atoms with Gasteiger partial charge in [0.25, 0.3) is 0 Å². The lowest BCUT2D eigenvalue weighted by Gasteiger charge is -2.08. The van der Waals surface area contributed by atoms with E-state index >= 15 is 0 Å². The highest BCUT2D eigenvalue weighted by Crippen LogP contribution is 2.20. The monoisotopic (exact) mass is 233 g/mol. The quantitative estimate of drug-likeness (QED) is 0.848. The Morgan fingerprint density at radius 2 is 1.75 bits per heavy atom. The molecule has 0 heterocycles. The molecule has 1 aromatic rings. The zero-order chi connectivity index (χ0) is 12.0. The minimum atomic E-state index is -4.17. The minimum absolute atomic E-state index is 0.347. The molecule has 0 fully saturated rings. The van der Waals surface area contributed by atoms with Crippen LogP contribution in [0.5, 0.6) is 5.75 Å². The molecule has 1 rings (SSSR count). The summed E-state index contributed by atoms with van der Waals surface area (Å²) in [6.07, 6.45) is -4.35. The lowest BCUT2D eigenvalue weighted by molar-refractivity contribution is -0.139. The van der Waals surface area contributed by atoms with Crippen LogP contribution in [-0.2, 0) is 6.42 Å². The Bertz CT molecular complexity index is 308. The van der Waals surface area contributed by atoms with Gasteiger partial charge in [-0.05, 0) is 30.7 Å². The number of rotatable bonds is 5. The van der Waals surface area contributed by atoms with E-state index in [1.165, 1.54) is 0 Å². The third-order valence-electron chi connectivity index (χ3n) is 2.01. The van der Waals surface area contributed by atoms with E-state index in [9.17, 15) is 13.2 Å². The zero-order valence-corrected chi connectivity index (χ0v) is 8.76. The van der Waals surface area contributed by atoms with E-state index in [1.54, 1.807) is 24.3 Å². The fourth-order valence-electron chi connectivity index (χ4n) is 1.20. The van der Waals surface area contributed by atoms with Crippen LogP contribution in [0, 0.1) is 0 Å². The summed E-state index contributed by atoms with van der Waals surface area (Å²) >= 11 is 0. The molecule has 0 bridgehead atoms. The summed E-state index contributed by atoms with van der Waals surface area (Å²) in [7, 11) is 0. The molecule has 0 amide bonds. The van der Waals surface area contributed by atoms with Crippen molar-refractivity contribution >= 4 is 0 Å². The van der Waals surface area contributed by atoms with E-state index in [2.05, 4.69) is 0 Å². The highest BCUT2D eigenvalue weighted by molar-refractivity contribution is 5.27. The van der Waals surface area contributed by atoms with Gasteiger partial charge in [0.05, 0.1) is 13.0 Å². The van der Waals surface area contributed by atoms with Crippen molar-refractivity contribution in [2.24, 2.45) is 5.73 Å². The lowest BCUT2D eigenvalue weighted by Crippen LogP contribution is -2.13. The van der Waals surface area contributed by atoms with Crippen molar-refractivity contribution in [2.75, 3.05) is 13.2 Å². The van der Waals surface area contributed by atoms with Crippen molar-refractivity contribution in [3.8, 4) is 5.75 Å². The summed E-state index contributed by atoms with van der Waals surface area (Å²) in [5.74, 6) is 0.449. The minimum Gasteiger partial charge on any atom is -0.493 e. The fourth-order valence-corrected chi connectivity index (χ4v) is 1.20. The molecule has 0 aliphatic rings. The maximum absolute atomic E-state index is 11.8. The zero-order valence-electron chi connectivity index (χ0n) is 8.76. The highest BCUT2D eigenvalue weighted by Gasteiger charge is 2.26. The van der Waals surface area contributed by atoms with Crippen molar-refractivity contribution in [3.63, 3.8) is 0 Å². The number of hydrogen-bond acceptors (Lipinski definition) is 2. The van der Waals surface area contributed by atoms with Gasteiger partial charge in [-0.3, -0.25) is 0 Å². The van der Waals surface area contributed by atoms with Gasteiger partial charge in [-0.1, -0.05) is 12.1 Å². The van der Waals surface area contributed by atoms with Gasteiger partial charge in [0.1, 0.15) is 5.75 Å². The molecule has 2 nitrogen and oxygen atoms in total. The Morgan fingerprint density at radius 3 is 2.25 bits per heavy atom. The maximum atomic E-state index is 11.8. The van der Waals surface area contributed by atoms with Crippen molar-refractivity contribution in [2.45, 2.75) is 19.0 Å². The van der Waals surface area contributed by atoms with E-state index in [0.717, 1.165) is 12.0 Å². The number of hydrogen-bond donors (Lipinski definition) is 1. The van der Waals surface area contributed by atoms with Crippen LogP contribution in [0.25, 0.3) is 0 Å². The molecule has 0 aromatic heterocycles. The third kappa shape index (κ3) is 5.02. The molecule has 0 atom stereocenters. The first-order valence-corrected chi connectivity index (χ1v) is 5.00. The lowest BCUT2D eigenvalue weighted by atomic mass is 10.1. The molecular weight excluding hydrogens is 219 g/mol. The molecule has 5 heteroatoms. The second kappa shape index (κ2) is 5.75. The standard InChI is InChI=1S/C11H14F3NO/c12-11(13,14)6-8-16-10-3-1-9(2-4-10)5-7-15/h1-4H,5-8,15H2. The van der Waals surface area contributed by atoms with E-state index in [1.807, 2.05) is 0 Å². The second-order valence-corrected chi connectivity index (χ2v) is 3.40. The molecule has 90 valence electrons. The van der Waals surface area contributed by atoms with Gasteiger partial charge in [0.15, 0.2) is 0 Å². The second-order valence-electron chi connectivity index (χ2n) is 3.40. The first kappa shape index (κ1) is 12.8. The van der Waals surface area contributed by atoms with E-state index < -0.39 is 12.6 Å². The van der Waals surface area contributed by atoms with Crippen LogP contribution < -0.4 is 10.5 Å². The Hall–Kier alpha value is -1.23. The topological polar surface area (TPSA) is 35.2 Å². The van der Waals surface area contributed by atoms with Gasteiger partial charge in [0, 0.05) is 0 Å². The van der Waals surface area contributed by atoms with E-state index in [0.29, 0.717) is 12.3 Å². The summed E-state index contributed by atoms with van der Waals surface area (Å²) in [5, 5.41) is 0. The Balaban J connectivity index is 2.37. The van der Waals surface area contributed by atoms with Crippen LogP contribution in [-0.4, -0.2) is 19.3 Å². The van der Waals surface area contributed by atoms with Crippen molar-refractivity contribution in [1.82, 2.24) is 0 Å². The molecule has 0 saturated carbocycles. The maximum Gasteiger partial charge on any atom is 0.392 e. The molecule has 0 aliphatic heterocycles. The third-order valence-corrected chi connectivity index (χ3v) is 2.01. The molecule has 1 aromatic carbocycles. The average molecular weight is 233 g/mol. The number of nitrogens with two attached hydrogens (primary N) is 1. The van der Waals surface area contributed by atoms with Crippen molar-refractivity contribution < 1.29 is 17.9 Å². The molecule has 0 saturated heterocycles.